The minimum atomic E-state index is -0.456. The zero-order valence-corrected chi connectivity index (χ0v) is 28.5. The molecule has 0 N–H and O–H groups in total. The van der Waals surface area contributed by atoms with Gasteiger partial charge in [-0.05, 0) is 71.8 Å². The normalized spacial score (nSPS) is 11.4. The van der Waals surface area contributed by atoms with Gasteiger partial charge in [-0.1, -0.05) is 121 Å². The second-order valence-corrected chi connectivity index (χ2v) is 12.7. The Kier molecular flexibility index (Phi) is 12.9. The van der Waals surface area contributed by atoms with Crippen LogP contribution in [-0.4, -0.2) is 24.2 Å². The second-order valence-electron chi connectivity index (χ2n) is 12.7. The first kappa shape index (κ1) is 34.2. The lowest BCUT2D eigenvalue weighted by Gasteiger charge is -2.10. The average Bonchev–Trinajstić information content (AvgIpc) is 3.56. The SMILES string of the molecule is C=CC(=O)OCCOc1ccc(-c2nc3c4ccc(CCCCCCCC)cc4c4cc(CCCCCCCC)ccc4c3o2)cc1. The first-order chi connectivity index (χ1) is 23.1. The van der Waals surface area contributed by atoms with Crippen molar-refractivity contribution in [3.8, 4) is 17.2 Å². The fraction of sp³-hybridized carbons (Fsp3) is 0.429. The van der Waals surface area contributed by atoms with E-state index in [2.05, 4.69) is 56.8 Å². The molecular formula is C42H51NO4. The fourth-order valence-corrected chi connectivity index (χ4v) is 6.43. The highest BCUT2D eigenvalue weighted by atomic mass is 16.6. The van der Waals surface area contributed by atoms with Crippen LogP contribution in [0.4, 0.5) is 0 Å². The van der Waals surface area contributed by atoms with Crippen LogP contribution >= 0.6 is 0 Å². The van der Waals surface area contributed by atoms with Crippen molar-refractivity contribution in [2.75, 3.05) is 13.2 Å². The van der Waals surface area contributed by atoms with E-state index in [0.717, 1.165) is 46.4 Å². The maximum absolute atomic E-state index is 11.2. The van der Waals surface area contributed by atoms with E-state index in [1.54, 1.807) is 0 Å². The molecule has 0 saturated heterocycles. The van der Waals surface area contributed by atoms with Crippen molar-refractivity contribution in [3.05, 3.63) is 84.4 Å². The molecule has 0 aliphatic rings. The van der Waals surface area contributed by atoms with Crippen molar-refractivity contribution in [1.82, 2.24) is 4.98 Å². The van der Waals surface area contributed by atoms with Crippen LogP contribution in [0.5, 0.6) is 5.75 Å². The Balaban J connectivity index is 1.42. The summed E-state index contributed by atoms with van der Waals surface area (Å²) in [6, 6.07) is 21.6. The van der Waals surface area contributed by atoms with Crippen LogP contribution < -0.4 is 4.74 Å². The minimum Gasteiger partial charge on any atom is -0.490 e. The summed E-state index contributed by atoms with van der Waals surface area (Å²) >= 11 is 0. The summed E-state index contributed by atoms with van der Waals surface area (Å²) in [4.78, 5) is 16.3. The summed E-state index contributed by atoms with van der Waals surface area (Å²) in [6.07, 6.45) is 19.0. The van der Waals surface area contributed by atoms with E-state index in [1.165, 1.54) is 98.9 Å². The molecule has 0 unspecified atom stereocenters. The Morgan fingerprint density at radius 1 is 0.702 bits per heavy atom. The molecule has 0 fully saturated rings. The molecule has 0 atom stereocenters. The Morgan fingerprint density at radius 3 is 1.89 bits per heavy atom. The Morgan fingerprint density at radius 2 is 1.28 bits per heavy atom. The van der Waals surface area contributed by atoms with Crippen molar-refractivity contribution < 1.29 is 18.7 Å². The van der Waals surface area contributed by atoms with Crippen LogP contribution in [0.15, 0.2) is 77.7 Å². The number of rotatable bonds is 20. The second kappa shape index (κ2) is 17.7. The standard InChI is InChI=1S/C42H51NO4/c1-4-7-9-11-13-15-17-31-19-25-35-37(29-31)38-30-32(18-16-14-12-10-8-5-2)20-26-36(38)41-40(35)43-42(47-41)33-21-23-34(24-22-33)45-27-28-46-39(44)6-3/h6,19-26,29-30H,3-5,7-18,27-28H2,1-2H3. The van der Waals surface area contributed by atoms with Gasteiger partial charge >= 0.3 is 5.97 Å². The maximum Gasteiger partial charge on any atom is 0.330 e. The lowest BCUT2D eigenvalue weighted by atomic mass is 9.94. The van der Waals surface area contributed by atoms with Crippen molar-refractivity contribution in [1.29, 1.82) is 0 Å². The van der Waals surface area contributed by atoms with E-state index < -0.39 is 5.97 Å². The van der Waals surface area contributed by atoms with Crippen LogP contribution in [0.25, 0.3) is 44.1 Å². The fourth-order valence-electron chi connectivity index (χ4n) is 6.43. The number of benzene rings is 4. The number of carbonyl (C=O) groups is 1. The van der Waals surface area contributed by atoms with Gasteiger partial charge in [-0.15, -0.1) is 0 Å². The van der Waals surface area contributed by atoms with Gasteiger partial charge in [0.25, 0.3) is 0 Å². The molecule has 0 amide bonds. The van der Waals surface area contributed by atoms with Gasteiger partial charge in [0, 0.05) is 22.4 Å². The molecule has 47 heavy (non-hydrogen) atoms. The summed E-state index contributed by atoms with van der Waals surface area (Å²) in [7, 11) is 0. The van der Waals surface area contributed by atoms with E-state index in [0.29, 0.717) is 11.6 Å². The number of hydrogen-bond acceptors (Lipinski definition) is 5. The van der Waals surface area contributed by atoms with E-state index >= 15 is 0 Å². The average molecular weight is 634 g/mol. The number of carbonyl (C=O) groups excluding carboxylic acids is 1. The molecule has 0 aliphatic heterocycles. The van der Waals surface area contributed by atoms with E-state index in [9.17, 15) is 4.79 Å². The minimum absolute atomic E-state index is 0.166. The summed E-state index contributed by atoms with van der Waals surface area (Å²) < 4.78 is 17.3. The third-order valence-electron chi connectivity index (χ3n) is 9.09. The van der Waals surface area contributed by atoms with Crippen LogP contribution in [0.1, 0.15) is 102 Å². The Labute approximate surface area is 280 Å². The molecule has 0 radical (unpaired) electrons. The molecule has 0 saturated carbocycles. The van der Waals surface area contributed by atoms with Crippen LogP contribution in [0.2, 0.25) is 0 Å². The third-order valence-corrected chi connectivity index (χ3v) is 9.09. The predicted molar refractivity (Wildman–Crippen MR) is 195 cm³/mol. The van der Waals surface area contributed by atoms with E-state index in [4.69, 9.17) is 18.9 Å². The van der Waals surface area contributed by atoms with Crippen molar-refractivity contribution >= 4 is 38.6 Å². The number of hydrogen-bond donors (Lipinski definition) is 0. The number of fused-ring (bicyclic) bond motifs is 6. The van der Waals surface area contributed by atoms with Gasteiger partial charge in [0.15, 0.2) is 5.58 Å². The molecule has 0 aliphatic carbocycles. The summed E-state index contributed by atoms with van der Waals surface area (Å²) in [5.41, 5.74) is 5.41. The van der Waals surface area contributed by atoms with Gasteiger partial charge in [-0.25, -0.2) is 9.78 Å². The van der Waals surface area contributed by atoms with Crippen LogP contribution in [-0.2, 0) is 22.4 Å². The molecule has 4 aromatic carbocycles. The first-order valence-electron chi connectivity index (χ1n) is 17.9. The highest BCUT2D eigenvalue weighted by molar-refractivity contribution is 6.23. The molecule has 5 aromatic rings. The van der Waals surface area contributed by atoms with Crippen molar-refractivity contribution in [2.45, 2.75) is 104 Å². The molecule has 1 heterocycles. The highest BCUT2D eigenvalue weighted by Crippen LogP contribution is 2.38. The topological polar surface area (TPSA) is 61.6 Å². The van der Waals surface area contributed by atoms with Gasteiger partial charge in [-0.2, -0.15) is 0 Å². The summed E-state index contributed by atoms with van der Waals surface area (Å²) in [5.74, 6) is 0.821. The number of aromatic nitrogens is 1. The quantitative estimate of drug-likeness (QED) is 0.0369. The zero-order valence-electron chi connectivity index (χ0n) is 28.5. The molecule has 5 nitrogen and oxygen atoms in total. The maximum atomic E-state index is 11.2. The Hall–Kier alpha value is -4.12. The highest BCUT2D eigenvalue weighted by Gasteiger charge is 2.17. The number of ether oxygens (including phenoxy) is 2. The molecule has 0 bridgehead atoms. The van der Waals surface area contributed by atoms with Gasteiger partial charge in [0.2, 0.25) is 5.89 Å². The van der Waals surface area contributed by atoms with E-state index in [1.807, 2.05) is 24.3 Å². The molecule has 1 aromatic heterocycles. The van der Waals surface area contributed by atoms with Gasteiger partial charge < -0.3 is 13.9 Å². The summed E-state index contributed by atoms with van der Waals surface area (Å²) in [5, 5.41) is 4.77. The molecule has 248 valence electrons. The zero-order chi connectivity index (χ0) is 32.8. The van der Waals surface area contributed by atoms with E-state index in [-0.39, 0.29) is 13.2 Å². The summed E-state index contributed by atoms with van der Waals surface area (Å²) in [6.45, 7) is 8.38. The van der Waals surface area contributed by atoms with Crippen LogP contribution in [0, 0.1) is 0 Å². The molecular weight excluding hydrogens is 582 g/mol. The third kappa shape index (κ3) is 9.24. The molecule has 5 rings (SSSR count). The number of nitrogens with zero attached hydrogens (tertiary/aromatic N) is 1. The van der Waals surface area contributed by atoms with Crippen molar-refractivity contribution in [2.24, 2.45) is 0 Å². The Bertz CT molecular complexity index is 1660. The first-order valence-corrected chi connectivity index (χ1v) is 17.9. The number of unbranched alkanes of at least 4 members (excludes halogenated alkanes) is 10. The smallest absolute Gasteiger partial charge is 0.330 e. The predicted octanol–water partition coefficient (Wildman–Crippen LogP) is 11.7. The lowest BCUT2D eigenvalue weighted by Crippen LogP contribution is -2.10. The van der Waals surface area contributed by atoms with Gasteiger partial charge in [0.05, 0.1) is 0 Å². The monoisotopic (exact) mass is 633 g/mol. The van der Waals surface area contributed by atoms with Crippen molar-refractivity contribution in [3.63, 3.8) is 0 Å². The number of oxazole rings is 1. The van der Waals surface area contributed by atoms with Crippen LogP contribution in [0.3, 0.4) is 0 Å². The van der Waals surface area contributed by atoms with Gasteiger partial charge in [-0.3, -0.25) is 0 Å². The lowest BCUT2D eigenvalue weighted by molar-refractivity contribution is -0.138. The number of aryl methyl sites for hydroxylation is 2. The van der Waals surface area contributed by atoms with Gasteiger partial charge in [0.1, 0.15) is 24.5 Å². The number of esters is 1. The molecule has 5 heteroatoms. The largest absolute Gasteiger partial charge is 0.490 e. The molecule has 0 spiro atoms.